The summed E-state index contributed by atoms with van der Waals surface area (Å²) in [6.45, 7) is 5.62. The summed E-state index contributed by atoms with van der Waals surface area (Å²) in [5.74, 6) is 0. The van der Waals surface area contributed by atoms with Crippen LogP contribution in [-0.2, 0) is 17.8 Å². The van der Waals surface area contributed by atoms with Crippen LogP contribution in [0.5, 0.6) is 0 Å². The Morgan fingerprint density at radius 1 is 1.26 bits per heavy atom. The summed E-state index contributed by atoms with van der Waals surface area (Å²) < 4.78 is 0. The molecule has 0 N–H and O–H groups in total. The fraction of sp³-hybridized carbons (Fsp3) is 0.625. The van der Waals surface area contributed by atoms with Crippen molar-refractivity contribution in [2.75, 3.05) is 27.2 Å². The van der Waals surface area contributed by atoms with Crippen LogP contribution in [0.3, 0.4) is 0 Å². The maximum Gasteiger partial charge on any atom is 0.0575 e. The van der Waals surface area contributed by atoms with Gasteiger partial charge in [0.25, 0.3) is 0 Å². The van der Waals surface area contributed by atoms with Crippen LogP contribution in [-0.4, -0.2) is 43.3 Å². The number of rotatable bonds is 5. The Balaban J connectivity index is 1.85. The molecule has 1 aromatic carbocycles. The molecule has 0 bridgehead atoms. The Hall–Kier alpha value is -0.900. The van der Waals surface area contributed by atoms with Crippen molar-refractivity contribution in [3.8, 4) is 0 Å². The summed E-state index contributed by atoms with van der Waals surface area (Å²) in [7, 11) is 3.79. The standard InChI is InChI=1S/C16H26N2O/c1-4-14-6-5-7-15(12-14)13-18-10-8-16(9-11-18)17(2)19-3/h5-7,12,16H,4,8-11,13H2,1-3H3. The van der Waals surface area contributed by atoms with E-state index in [9.17, 15) is 0 Å². The predicted molar refractivity (Wildman–Crippen MR) is 78.9 cm³/mol. The molecule has 0 atom stereocenters. The zero-order chi connectivity index (χ0) is 13.7. The van der Waals surface area contributed by atoms with E-state index in [-0.39, 0.29) is 0 Å². The normalized spacial score (nSPS) is 18.1. The smallest absolute Gasteiger partial charge is 0.0575 e. The van der Waals surface area contributed by atoms with E-state index in [0.717, 1.165) is 26.1 Å². The third-order valence-electron chi connectivity index (χ3n) is 4.17. The number of hydroxylamine groups is 2. The fourth-order valence-electron chi connectivity index (χ4n) is 2.80. The lowest BCUT2D eigenvalue weighted by atomic mass is 10.0. The molecule has 2 rings (SSSR count). The Bertz CT molecular complexity index is 386. The highest BCUT2D eigenvalue weighted by atomic mass is 16.7. The number of likely N-dealkylation sites (tertiary alicyclic amines) is 1. The molecule has 1 fully saturated rings. The van der Waals surface area contributed by atoms with Crippen molar-refractivity contribution in [1.82, 2.24) is 9.96 Å². The molecule has 0 aliphatic carbocycles. The summed E-state index contributed by atoms with van der Waals surface area (Å²) in [5.41, 5.74) is 2.88. The fourth-order valence-corrected chi connectivity index (χ4v) is 2.80. The first kappa shape index (κ1) is 14.5. The van der Waals surface area contributed by atoms with Crippen molar-refractivity contribution in [3.63, 3.8) is 0 Å². The molecular formula is C16H26N2O. The van der Waals surface area contributed by atoms with Gasteiger partial charge in [0.1, 0.15) is 0 Å². The summed E-state index contributed by atoms with van der Waals surface area (Å²) in [4.78, 5) is 7.84. The largest absolute Gasteiger partial charge is 0.302 e. The van der Waals surface area contributed by atoms with E-state index < -0.39 is 0 Å². The minimum absolute atomic E-state index is 0.572. The molecule has 1 saturated heterocycles. The molecule has 19 heavy (non-hydrogen) atoms. The van der Waals surface area contributed by atoms with Crippen LogP contribution in [0.4, 0.5) is 0 Å². The second kappa shape index (κ2) is 7.04. The zero-order valence-electron chi connectivity index (χ0n) is 12.4. The van der Waals surface area contributed by atoms with Crippen molar-refractivity contribution in [2.45, 2.75) is 38.8 Å². The Morgan fingerprint density at radius 2 is 1.95 bits per heavy atom. The Kier molecular flexibility index (Phi) is 5.37. The maximum atomic E-state index is 5.29. The van der Waals surface area contributed by atoms with Crippen LogP contribution in [0.2, 0.25) is 0 Å². The van der Waals surface area contributed by atoms with Gasteiger partial charge in [0, 0.05) is 32.7 Å². The van der Waals surface area contributed by atoms with Gasteiger partial charge in [0.15, 0.2) is 0 Å². The third-order valence-corrected chi connectivity index (χ3v) is 4.17. The average Bonchev–Trinajstić information content (AvgIpc) is 2.47. The average molecular weight is 262 g/mol. The van der Waals surface area contributed by atoms with Gasteiger partial charge in [-0.05, 0) is 30.4 Å². The van der Waals surface area contributed by atoms with Gasteiger partial charge in [-0.25, -0.2) is 0 Å². The van der Waals surface area contributed by atoms with Gasteiger partial charge in [-0.2, -0.15) is 5.06 Å². The van der Waals surface area contributed by atoms with Gasteiger partial charge in [-0.1, -0.05) is 31.2 Å². The number of aryl methyl sites for hydroxylation is 1. The molecule has 0 aromatic heterocycles. The highest BCUT2D eigenvalue weighted by Gasteiger charge is 2.22. The van der Waals surface area contributed by atoms with Crippen LogP contribution >= 0.6 is 0 Å². The van der Waals surface area contributed by atoms with Gasteiger partial charge in [-0.15, -0.1) is 0 Å². The zero-order valence-corrected chi connectivity index (χ0v) is 12.4. The molecule has 106 valence electrons. The lowest BCUT2D eigenvalue weighted by Crippen LogP contribution is -2.42. The minimum atomic E-state index is 0.572. The Labute approximate surface area is 117 Å². The third kappa shape index (κ3) is 4.03. The molecule has 0 radical (unpaired) electrons. The molecule has 1 aliphatic rings. The molecule has 1 heterocycles. The highest BCUT2D eigenvalue weighted by Crippen LogP contribution is 2.18. The molecule has 3 heteroatoms. The van der Waals surface area contributed by atoms with Crippen molar-refractivity contribution < 1.29 is 4.84 Å². The first-order valence-electron chi connectivity index (χ1n) is 7.30. The van der Waals surface area contributed by atoms with Crippen LogP contribution in [0.1, 0.15) is 30.9 Å². The van der Waals surface area contributed by atoms with Crippen LogP contribution < -0.4 is 0 Å². The second-order valence-electron chi connectivity index (χ2n) is 5.41. The molecule has 3 nitrogen and oxygen atoms in total. The van der Waals surface area contributed by atoms with Gasteiger partial charge in [-0.3, -0.25) is 4.90 Å². The summed E-state index contributed by atoms with van der Waals surface area (Å²) in [5, 5.41) is 2.00. The van der Waals surface area contributed by atoms with E-state index in [1.807, 2.05) is 12.1 Å². The molecule has 0 amide bonds. The van der Waals surface area contributed by atoms with Crippen molar-refractivity contribution in [2.24, 2.45) is 0 Å². The van der Waals surface area contributed by atoms with Gasteiger partial charge in [0.05, 0.1) is 7.11 Å². The first-order chi connectivity index (χ1) is 9.22. The summed E-state index contributed by atoms with van der Waals surface area (Å²) in [6.07, 6.45) is 3.50. The van der Waals surface area contributed by atoms with E-state index in [1.54, 1.807) is 7.11 Å². The Morgan fingerprint density at radius 3 is 2.58 bits per heavy atom. The van der Waals surface area contributed by atoms with Crippen molar-refractivity contribution in [3.05, 3.63) is 35.4 Å². The van der Waals surface area contributed by atoms with Crippen LogP contribution in [0, 0.1) is 0 Å². The molecule has 1 aliphatic heterocycles. The SMILES string of the molecule is CCc1cccc(CN2CCC(N(C)OC)CC2)c1. The topological polar surface area (TPSA) is 15.7 Å². The number of piperidine rings is 1. The van der Waals surface area contributed by atoms with Crippen molar-refractivity contribution in [1.29, 1.82) is 0 Å². The van der Waals surface area contributed by atoms with Gasteiger partial charge >= 0.3 is 0 Å². The molecule has 1 aromatic rings. The number of benzene rings is 1. The number of nitrogens with zero attached hydrogens (tertiary/aromatic N) is 2. The van der Waals surface area contributed by atoms with Crippen LogP contribution in [0.25, 0.3) is 0 Å². The lowest BCUT2D eigenvalue weighted by molar-refractivity contribution is -0.151. The number of hydrogen-bond donors (Lipinski definition) is 0. The maximum absolute atomic E-state index is 5.29. The lowest BCUT2D eigenvalue weighted by Gasteiger charge is -2.35. The van der Waals surface area contributed by atoms with E-state index in [1.165, 1.54) is 24.0 Å². The molecular weight excluding hydrogens is 236 g/mol. The second-order valence-corrected chi connectivity index (χ2v) is 5.41. The van der Waals surface area contributed by atoms with E-state index in [4.69, 9.17) is 4.84 Å². The summed E-state index contributed by atoms with van der Waals surface area (Å²) in [6, 6.07) is 9.55. The van der Waals surface area contributed by atoms with E-state index >= 15 is 0 Å². The molecule has 0 spiro atoms. The minimum Gasteiger partial charge on any atom is -0.302 e. The quantitative estimate of drug-likeness (QED) is 0.759. The number of hydrogen-bond acceptors (Lipinski definition) is 3. The van der Waals surface area contributed by atoms with E-state index in [0.29, 0.717) is 6.04 Å². The molecule has 0 saturated carbocycles. The molecule has 0 unspecified atom stereocenters. The van der Waals surface area contributed by atoms with Crippen LogP contribution in [0.15, 0.2) is 24.3 Å². The highest BCUT2D eigenvalue weighted by molar-refractivity contribution is 5.23. The van der Waals surface area contributed by atoms with Crippen molar-refractivity contribution >= 4 is 0 Å². The monoisotopic (exact) mass is 262 g/mol. The summed E-state index contributed by atoms with van der Waals surface area (Å²) >= 11 is 0. The predicted octanol–water partition coefficient (Wildman–Crippen LogP) is 2.71. The van der Waals surface area contributed by atoms with Gasteiger partial charge in [0.2, 0.25) is 0 Å². The van der Waals surface area contributed by atoms with Gasteiger partial charge < -0.3 is 4.84 Å². The van der Waals surface area contributed by atoms with E-state index in [2.05, 4.69) is 36.1 Å². The first-order valence-corrected chi connectivity index (χ1v) is 7.30.